The van der Waals surface area contributed by atoms with Crippen LogP contribution in [0.5, 0.6) is 0 Å². The van der Waals surface area contributed by atoms with Gasteiger partial charge >= 0.3 is 0 Å². The van der Waals surface area contributed by atoms with Gasteiger partial charge in [0.05, 0.1) is 0 Å². The lowest BCUT2D eigenvalue weighted by atomic mass is 9.80. The molecule has 1 fully saturated rings. The van der Waals surface area contributed by atoms with Crippen molar-refractivity contribution in [2.75, 3.05) is 0 Å². The highest BCUT2D eigenvalue weighted by molar-refractivity contribution is 4.78. The van der Waals surface area contributed by atoms with Crippen LogP contribution < -0.4 is 0 Å². The Labute approximate surface area is 103 Å². The molecule has 1 aliphatic carbocycles. The molecule has 0 nitrogen and oxygen atoms in total. The van der Waals surface area contributed by atoms with Gasteiger partial charge in [0.2, 0.25) is 0 Å². The van der Waals surface area contributed by atoms with E-state index in [0.29, 0.717) is 0 Å². The van der Waals surface area contributed by atoms with E-state index in [0.717, 1.165) is 11.8 Å². The highest BCUT2D eigenvalue weighted by atomic mass is 14.2. The normalized spacial score (nSPS) is 22.6. The van der Waals surface area contributed by atoms with Crippen molar-refractivity contribution in [2.24, 2.45) is 11.8 Å². The van der Waals surface area contributed by atoms with Crippen molar-refractivity contribution in [3.05, 3.63) is 12.7 Å². The van der Waals surface area contributed by atoms with E-state index in [1.54, 1.807) is 0 Å². The molecule has 0 aromatic carbocycles. The first-order valence-electron chi connectivity index (χ1n) is 7.49. The van der Waals surface area contributed by atoms with E-state index in [2.05, 4.69) is 19.6 Å². The van der Waals surface area contributed by atoms with Crippen LogP contribution in [0.2, 0.25) is 0 Å². The predicted molar refractivity (Wildman–Crippen MR) is 73.6 cm³/mol. The van der Waals surface area contributed by atoms with Gasteiger partial charge in [-0.2, -0.15) is 0 Å². The van der Waals surface area contributed by atoms with Crippen LogP contribution >= 0.6 is 0 Å². The summed E-state index contributed by atoms with van der Waals surface area (Å²) in [5.41, 5.74) is 0. The number of hydrogen-bond acceptors (Lipinski definition) is 0. The summed E-state index contributed by atoms with van der Waals surface area (Å²) in [6.07, 6.45) is 18.0. The summed E-state index contributed by atoms with van der Waals surface area (Å²) in [5, 5.41) is 0. The molecule has 1 saturated carbocycles. The average molecular weight is 222 g/mol. The Bertz CT molecular complexity index is 161. The van der Waals surface area contributed by atoms with Crippen molar-refractivity contribution in [1.82, 2.24) is 0 Å². The zero-order valence-corrected chi connectivity index (χ0v) is 11.2. The zero-order chi connectivity index (χ0) is 11.6. The predicted octanol–water partition coefficient (Wildman–Crippen LogP) is 5.73. The van der Waals surface area contributed by atoms with E-state index in [-0.39, 0.29) is 0 Å². The molecule has 0 bridgehead atoms. The van der Waals surface area contributed by atoms with Gasteiger partial charge in [0.1, 0.15) is 0 Å². The van der Waals surface area contributed by atoms with Gasteiger partial charge in [0.15, 0.2) is 0 Å². The first-order valence-corrected chi connectivity index (χ1v) is 7.49. The lowest BCUT2D eigenvalue weighted by molar-refractivity contribution is 0.266. The van der Waals surface area contributed by atoms with Crippen LogP contribution in [0.15, 0.2) is 12.7 Å². The second-order valence-electron chi connectivity index (χ2n) is 5.51. The topological polar surface area (TPSA) is 0 Å². The molecule has 0 heterocycles. The minimum absolute atomic E-state index is 0.914. The molecule has 0 aromatic rings. The van der Waals surface area contributed by atoms with Gasteiger partial charge < -0.3 is 0 Å². The summed E-state index contributed by atoms with van der Waals surface area (Å²) in [6, 6.07) is 0. The van der Waals surface area contributed by atoms with Gasteiger partial charge in [-0.1, -0.05) is 77.2 Å². The monoisotopic (exact) mass is 222 g/mol. The van der Waals surface area contributed by atoms with Crippen LogP contribution in [0.25, 0.3) is 0 Å². The average Bonchev–Trinajstić information content (AvgIpc) is 2.33. The van der Waals surface area contributed by atoms with Crippen LogP contribution in [0.4, 0.5) is 0 Å². The Balaban J connectivity index is 2.41. The van der Waals surface area contributed by atoms with Crippen LogP contribution in [0.3, 0.4) is 0 Å². The summed E-state index contributed by atoms with van der Waals surface area (Å²) < 4.78 is 0. The van der Waals surface area contributed by atoms with Crippen molar-refractivity contribution >= 4 is 0 Å². The van der Waals surface area contributed by atoms with E-state index in [1.807, 2.05) is 0 Å². The van der Waals surface area contributed by atoms with Gasteiger partial charge in [0.25, 0.3) is 0 Å². The van der Waals surface area contributed by atoms with Crippen molar-refractivity contribution in [3.63, 3.8) is 0 Å². The van der Waals surface area contributed by atoms with E-state index in [4.69, 9.17) is 0 Å². The zero-order valence-electron chi connectivity index (χ0n) is 11.2. The van der Waals surface area contributed by atoms with E-state index >= 15 is 0 Å². The van der Waals surface area contributed by atoms with E-state index in [1.165, 1.54) is 70.6 Å². The van der Waals surface area contributed by atoms with Gasteiger partial charge in [-0.15, -0.1) is 6.58 Å². The van der Waals surface area contributed by atoms with E-state index in [9.17, 15) is 0 Å². The molecule has 0 amide bonds. The minimum atomic E-state index is 0.914. The molecule has 1 atom stereocenters. The molecule has 1 unspecified atom stereocenters. The van der Waals surface area contributed by atoms with Crippen molar-refractivity contribution in [1.29, 1.82) is 0 Å². The summed E-state index contributed by atoms with van der Waals surface area (Å²) in [5.74, 6) is 1.90. The highest BCUT2D eigenvalue weighted by Crippen LogP contribution is 2.31. The highest BCUT2D eigenvalue weighted by Gasteiger charge is 2.18. The minimum Gasteiger partial charge on any atom is -0.103 e. The summed E-state index contributed by atoms with van der Waals surface area (Å²) >= 11 is 0. The molecule has 0 radical (unpaired) electrons. The summed E-state index contributed by atoms with van der Waals surface area (Å²) in [7, 11) is 0. The third-order valence-corrected chi connectivity index (χ3v) is 4.31. The first kappa shape index (κ1) is 13.8. The lowest BCUT2D eigenvalue weighted by Gasteiger charge is -2.26. The largest absolute Gasteiger partial charge is 0.103 e. The van der Waals surface area contributed by atoms with Gasteiger partial charge in [-0.05, 0) is 18.3 Å². The second-order valence-corrected chi connectivity index (χ2v) is 5.51. The maximum Gasteiger partial charge on any atom is -0.0322 e. The van der Waals surface area contributed by atoms with Crippen LogP contribution in [-0.4, -0.2) is 0 Å². The molecule has 1 rings (SSSR count). The molecule has 0 saturated heterocycles. The second kappa shape index (κ2) is 8.84. The van der Waals surface area contributed by atoms with Crippen LogP contribution in [-0.2, 0) is 0 Å². The molecular weight excluding hydrogens is 192 g/mol. The number of rotatable bonds is 4. The fraction of sp³-hybridized carbons (Fsp3) is 0.875. The number of allylic oxidation sites excluding steroid dienone is 1. The van der Waals surface area contributed by atoms with Gasteiger partial charge in [-0.3, -0.25) is 0 Å². The maximum absolute atomic E-state index is 3.92. The molecule has 0 N–H and O–H groups in total. The molecular formula is C16H30. The Kier molecular flexibility index (Phi) is 7.63. The number of hydrogen-bond donors (Lipinski definition) is 0. The summed E-state index contributed by atoms with van der Waals surface area (Å²) in [6.45, 7) is 6.27. The third kappa shape index (κ3) is 5.18. The summed E-state index contributed by atoms with van der Waals surface area (Å²) in [4.78, 5) is 0. The SMILES string of the molecule is C=CCC(CC)C1CCCCCCCCC1. The molecule has 0 aromatic heterocycles. The Morgan fingerprint density at radius 1 is 1.00 bits per heavy atom. The van der Waals surface area contributed by atoms with Crippen LogP contribution in [0.1, 0.15) is 77.6 Å². The van der Waals surface area contributed by atoms with Crippen LogP contribution in [0, 0.1) is 11.8 Å². The van der Waals surface area contributed by atoms with Gasteiger partial charge in [0, 0.05) is 0 Å². The smallest absolute Gasteiger partial charge is 0.0322 e. The quantitative estimate of drug-likeness (QED) is 0.533. The Hall–Kier alpha value is -0.260. The molecule has 0 heteroatoms. The van der Waals surface area contributed by atoms with Crippen molar-refractivity contribution in [3.8, 4) is 0 Å². The maximum atomic E-state index is 3.92. The lowest BCUT2D eigenvalue weighted by Crippen LogP contribution is -2.14. The third-order valence-electron chi connectivity index (χ3n) is 4.31. The Morgan fingerprint density at radius 3 is 1.94 bits per heavy atom. The van der Waals surface area contributed by atoms with Crippen molar-refractivity contribution in [2.45, 2.75) is 77.6 Å². The molecule has 0 aliphatic heterocycles. The standard InChI is InChI=1S/C16H30/c1-3-12-15(4-2)16-13-10-8-6-5-7-9-11-14-16/h3,15-16H,1,4-14H2,2H3. The molecule has 0 spiro atoms. The van der Waals surface area contributed by atoms with Crippen molar-refractivity contribution < 1.29 is 0 Å². The van der Waals surface area contributed by atoms with E-state index < -0.39 is 0 Å². The molecule has 1 aliphatic rings. The first-order chi connectivity index (χ1) is 7.88. The fourth-order valence-corrected chi connectivity index (χ4v) is 3.22. The fourth-order valence-electron chi connectivity index (χ4n) is 3.22. The molecule has 94 valence electrons. The molecule has 16 heavy (non-hydrogen) atoms. The Morgan fingerprint density at radius 2 is 1.50 bits per heavy atom. The van der Waals surface area contributed by atoms with Gasteiger partial charge in [-0.25, -0.2) is 0 Å².